The lowest BCUT2D eigenvalue weighted by atomic mass is 9.92. The van der Waals surface area contributed by atoms with Gasteiger partial charge < -0.3 is 9.47 Å². The van der Waals surface area contributed by atoms with E-state index in [1.54, 1.807) is 19.1 Å². The van der Waals surface area contributed by atoms with Crippen molar-refractivity contribution in [3.8, 4) is 11.5 Å². The number of thioether (sulfide) groups is 1. The highest BCUT2D eigenvalue weighted by molar-refractivity contribution is 8.15. The van der Waals surface area contributed by atoms with Crippen LogP contribution in [0, 0.1) is 10.1 Å². The minimum Gasteiger partial charge on any atom is -0.489 e. The summed E-state index contributed by atoms with van der Waals surface area (Å²) in [5.74, 6) is 0.335. The van der Waals surface area contributed by atoms with Crippen LogP contribution in [-0.2, 0) is 11.2 Å². The fraction of sp³-hybridized carbons (Fsp3) is 0.286. The molecule has 1 N–H and O–H groups in total. The van der Waals surface area contributed by atoms with Gasteiger partial charge in [-0.15, -0.1) is 0 Å². The summed E-state index contributed by atoms with van der Waals surface area (Å²) in [6, 6.07) is 11.1. The lowest BCUT2D eigenvalue weighted by molar-refractivity contribution is -0.384. The summed E-state index contributed by atoms with van der Waals surface area (Å²) in [6.45, 7) is 1.85. The normalized spacial score (nSPS) is 22.5. The molecule has 160 valence electrons. The molecule has 0 saturated carbocycles. The Morgan fingerprint density at radius 3 is 2.61 bits per heavy atom. The van der Waals surface area contributed by atoms with Crippen molar-refractivity contribution >= 4 is 34.4 Å². The number of hydrogen-bond acceptors (Lipinski definition) is 8. The van der Waals surface area contributed by atoms with E-state index in [4.69, 9.17) is 9.47 Å². The molecule has 0 bridgehead atoms. The van der Waals surface area contributed by atoms with Gasteiger partial charge in [-0.25, -0.2) is 0 Å². The predicted molar refractivity (Wildman–Crippen MR) is 112 cm³/mol. The number of carbonyl (C=O) groups is 3. The van der Waals surface area contributed by atoms with Gasteiger partial charge in [0.05, 0.1) is 22.2 Å². The predicted octanol–water partition coefficient (Wildman–Crippen LogP) is 3.29. The van der Waals surface area contributed by atoms with E-state index in [0.29, 0.717) is 17.9 Å². The Balaban J connectivity index is 1.38. The summed E-state index contributed by atoms with van der Waals surface area (Å²) in [4.78, 5) is 45.9. The highest BCUT2D eigenvalue weighted by Crippen LogP contribution is 2.35. The van der Waals surface area contributed by atoms with E-state index in [1.807, 2.05) is 12.1 Å². The van der Waals surface area contributed by atoms with Crippen LogP contribution < -0.4 is 14.8 Å². The minimum atomic E-state index is -0.919. The van der Waals surface area contributed by atoms with Crippen molar-refractivity contribution in [2.45, 2.75) is 30.6 Å². The third-order valence-corrected chi connectivity index (χ3v) is 6.00. The van der Waals surface area contributed by atoms with Gasteiger partial charge >= 0.3 is 0 Å². The highest BCUT2D eigenvalue weighted by atomic mass is 32.2. The third-order valence-electron chi connectivity index (χ3n) is 5.02. The maximum atomic E-state index is 12.5. The molecule has 9 nitrogen and oxygen atoms in total. The summed E-state index contributed by atoms with van der Waals surface area (Å²) >= 11 is 0.982. The molecule has 4 rings (SSSR count). The molecule has 2 aliphatic heterocycles. The fourth-order valence-corrected chi connectivity index (χ4v) is 4.31. The number of nitrogens with zero attached hydrogens (tertiary/aromatic N) is 1. The molecule has 10 heteroatoms. The number of ether oxygens (including phenoxy) is 2. The maximum absolute atomic E-state index is 12.5. The van der Waals surface area contributed by atoms with E-state index in [1.165, 1.54) is 18.2 Å². The van der Waals surface area contributed by atoms with E-state index in [-0.39, 0.29) is 41.2 Å². The van der Waals surface area contributed by atoms with E-state index >= 15 is 0 Å². The van der Waals surface area contributed by atoms with Gasteiger partial charge in [0.15, 0.2) is 5.78 Å². The first kappa shape index (κ1) is 20.9. The molecular weight excluding hydrogens is 424 g/mol. The Labute approximate surface area is 181 Å². The van der Waals surface area contributed by atoms with Crippen molar-refractivity contribution in [1.82, 2.24) is 5.32 Å². The van der Waals surface area contributed by atoms with Gasteiger partial charge in [-0.1, -0.05) is 23.9 Å². The first-order valence-electron chi connectivity index (χ1n) is 9.46. The van der Waals surface area contributed by atoms with E-state index in [0.717, 1.165) is 17.3 Å². The molecule has 2 amide bonds. The second-order valence-corrected chi connectivity index (χ2v) is 8.78. The minimum absolute atomic E-state index is 0.0291. The van der Waals surface area contributed by atoms with Gasteiger partial charge in [-0.05, 0) is 37.1 Å². The van der Waals surface area contributed by atoms with Crippen LogP contribution in [0.3, 0.4) is 0 Å². The van der Waals surface area contributed by atoms with Crippen molar-refractivity contribution in [1.29, 1.82) is 0 Å². The van der Waals surface area contributed by atoms with Crippen LogP contribution in [-0.4, -0.2) is 39.3 Å². The van der Waals surface area contributed by atoms with Crippen molar-refractivity contribution in [2.24, 2.45) is 0 Å². The SMILES string of the molecule is CC1(COc2ccc(CC3SC(=O)NC3=O)cc2)CC(=O)c2cc([N+](=O)[O-])ccc2O1. The number of amides is 2. The molecule has 2 atom stereocenters. The number of fused-ring (bicyclic) bond motifs is 1. The lowest BCUT2D eigenvalue weighted by Gasteiger charge is -2.34. The second-order valence-electron chi connectivity index (χ2n) is 7.61. The molecule has 31 heavy (non-hydrogen) atoms. The molecular formula is C21H18N2O7S. The van der Waals surface area contributed by atoms with Crippen LogP contribution >= 0.6 is 11.8 Å². The fourth-order valence-electron chi connectivity index (χ4n) is 3.45. The number of rotatable bonds is 6. The lowest BCUT2D eigenvalue weighted by Crippen LogP contribution is -2.44. The van der Waals surface area contributed by atoms with Gasteiger partial charge in [0.2, 0.25) is 5.91 Å². The molecule has 2 aliphatic rings. The van der Waals surface area contributed by atoms with Gasteiger partial charge in [-0.2, -0.15) is 0 Å². The van der Waals surface area contributed by atoms with Crippen LogP contribution in [0.15, 0.2) is 42.5 Å². The summed E-state index contributed by atoms with van der Waals surface area (Å²) in [6.07, 6.45) is 0.460. The van der Waals surface area contributed by atoms with E-state index < -0.39 is 15.8 Å². The van der Waals surface area contributed by atoms with Gasteiger partial charge in [-0.3, -0.25) is 29.8 Å². The first-order valence-corrected chi connectivity index (χ1v) is 10.3. The van der Waals surface area contributed by atoms with Crippen molar-refractivity contribution < 1.29 is 28.8 Å². The topological polar surface area (TPSA) is 125 Å². The monoisotopic (exact) mass is 442 g/mol. The van der Waals surface area contributed by atoms with E-state index in [2.05, 4.69) is 5.32 Å². The van der Waals surface area contributed by atoms with Gasteiger partial charge in [0, 0.05) is 12.1 Å². The highest BCUT2D eigenvalue weighted by Gasteiger charge is 2.38. The number of Topliss-reactive ketones (excluding diaryl/α,β-unsaturated/α-hetero) is 1. The summed E-state index contributed by atoms with van der Waals surface area (Å²) < 4.78 is 11.7. The third kappa shape index (κ3) is 4.53. The molecule has 0 spiro atoms. The molecule has 2 aromatic carbocycles. The Morgan fingerprint density at radius 2 is 1.97 bits per heavy atom. The molecule has 1 fully saturated rings. The quantitative estimate of drug-likeness (QED) is 0.534. The number of nitro benzene ring substituents is 1. The number of imide groups is 1. The molecule has 2 heterocycles. The Kier molecular flexibility index (Phi) is 5.40. The summed E-state index contributed by atoms with van der Waals surface area (Å²) in [5, 5.41) is 12.4. The number of carbonyl (C=O) groups excluding carboxylic acids is 3. The molecule has 0 radical (unpaired) electrons. The first-order chi connectivity index (χ1) is 14.7. The number of benzene rings is 2. The van der Waals surface area contributed by atoms with Crippen LogP contribution in [0.4, 0.5) is 10.5 Å². The summed E-state index contributed by atoms with van der Waals surface area (Å²) in [5.41, 5.74) is 0.00928. The largest absolute Gasteiger partial charge is 0.489 e. The standard InChI is InChI=1S/C21H18N2O7S/c1-21(10-16(24)15-9-13(23(27)28)4-7-17(15)30-21)11-29-14-5-2-12(3-6-14)8-18-19(25)22-20(26)31-18/h2-7,9,18H,8,10-11H2,1H3,(H,22,25,26). The van der Waals surface area contributed by atoms with Crippen molar-refractivity contribution in [2.75, 3.05) is 6.61 Å². The van der Waals surface area contributed by atoms with E-state index in [9.17, 15) is 24.5 Å². The maximum Gasteiger partial charge on any atom is 0.286 e. The van der Waals surface area contributed by atoms with Crippen LogP contribution in [0.25, 0.3) is 0 Å². The van der Waals surface area contributed by atoms with Crippen LogP contribution in [0.2, 0.25) is 0 Å². The average Bonchev–Trinajstić information content (AvgIpc) is 3.04. The number of non-ortho nitro benzene ring substituents is 1. The molecule has 2 unspecified atom stereocenters. The van der Waals surface area contributed by atoms with Crippen molar-refractivity contribution in [3.63, 3.8) is 0 Å². The zero-order chi connectivity index (χ0) is 22.2. The zero-order valence-corrected chi connectivity index (χ0v) is 17.3. The number of nitro groups is 1. The van der Waals surface area contributed by atoms with Gasteiger partial charge in [0.1, 0.15) is 23.7 Å². The Bertz CT molecular complexity index is 1090. The number of nitrogens with one attached hydrogen (secondary N) is 1. The Morgan fingerprint density at radius 1 is 1.23 bits per heavy atom. The zero-order valence-electron chi connectivity index (χ0n) is 16.5. The van der Waals surface area contributed by atoms with Crippen molar-refractivity contribution in [3.05, 3.63) is 63.7 Å². The molecule has 1 saturated heterocycles. The molecule has 0 aromatic heterocycles. The van der Waals surface area contributed by atoms with Gasteiger partial charge in [0.25, 0.3) is 10.9 Å². The van der Waals surface area contributed by atoms with Crippen LogP contribution in [0.1, 0.15) is 29.3 Å². The van der Waals surface area contributed by atoms with Crippen LogP contribution in [0.5, 0.6) is 11.5 Å². The molecule has 0 aliphatic carbocycles. The number of ketones is 1. The molecule has 2 aromatic rings. The Hall–Kier alpha value is -3.40. The second kappa shape index (κ2) is 8.03. The summed E-state index contributed by atoms with van der Waals surface area (Å²) in [7, 11) is 0. The number of hydrogen-bond donors (Lipinski definition) is 1. The average molecular weight is 442 g/mol. The smallest absolute Gasteiger partial charge is 0.286 e.